The topological polar surface area (TPSA) is 71.9 Å². The number of methoxy groups -OCH3 is 1. The average Bonchev–Trinajstić information content (AvgIpc) is 2.46. The van der Waals surface area contributed by atoms with Crippen molar-refractivity contribution in [3.05, 3.63) is 29.8 Å². The Labute approximate surface area is 138 Å². The average molecular weight is 322 g/mol. The summed E-state index contributed by atoms with van der Waals surface area (Å²) in [6.45, 7) is 4.99. The molecule has 0 radical (unpaired) electrons. The summed E-state index contributed by atoms with van der Waals surface area (Å²) in [6, 6.07) is 7.90. The monoisotopic (exact) mass is 322 g/mol. The van der Waals surface area contributed by atoms with Gasteiger partial charge in [-0.2, -0.15) is 0 Å². The molecule has 1 atom stereocenters. The van der Waals surface area contributed by atoms with Gasteiger partial charge in [-0.1, -0.05) is 12.1 Å². The van der Waals surface area contributed by atoms with Gasteiger partial charge in [0.1, 0.15) is 5.75 Å². The first-order valence-corrected chi connectivity index (χ1v) is 7.91. The molecule has 1 rings (SSSR count). The lowest BCUT2D eigenvalue weighted by atomic mass is 10.1. The summed E-state index contributed by atoms with van der Waals surface area (Å²) >= 11 is 0. The van der Waals surface area contributed by atoms with E-state index < -0.39 is 0 Å². The highest BCUT2D eigenvalue weighted by atomic mass is 16.5. The molecule has 2 amide bonds. The molecule has 0 fully saturated rings. The number of amides is 2. The first-order valence-electron chi connectivity index (χ1n) is 7.91. The maximum Gasteiger partial charge on any atom is 0.275 e. The molecule has 0 aliphatic heterocycles. The summed E-state index contributed by atoms with van der Waals surface area (Å²) in [6.07, 6.45) is 0.766. The largest absolute Gasteiger partial charge is 0.497 e. The summed E-state index contributed by atoms with van der Waals surface area (Å²) in [5.41, 5.74) is 1.14. The minimum Gasteiger partial charge on any atom is -0.497 e. The van der Waals surface area contributed by atoms with E-state index in [1.54, 1.807) is 7.11 Å². The Balaban J connectivity index is 2.24. The van der Waals surface area contributed by atoms with Crippen LogP contribution in [0.4, 0.5) is 0 Å². The fourth-order valence-electron chi connectivity index (χ4n) is 2.18. The van der Waals surface area contributed by atoms with Gasteiger partial charge in [0.15, 0.2) is 13.1 Å². The SMILES string of the molecule is COc1ccc(CCNC(=O)C[NH+](C)CC(=O)NC(C)C)cc1. The highest BCUT2D eigenvalue weighted by Crippen LogP contribution is 2.11. The van der Waals surface area contributed by atoms with Crippen molar-refractivity contribution in [2.75, 3.05) is 33.8 Å². The van der Waals surface area contributed by atoms with Crippen LogP contribution >= 0.6 is 0 Å². The van der Waals surface area contributed by atoms with E-state index in [1.807, 2.05) is 45.2 Å². The minimum absolute atomic E-state index is 0.0384. The first kappa shape index (κ1) is 19.0. The molecule has 0 aliphatic rings. The molecular weight excluding hydrogens is 294 g/mol. The molecule has 1 aromatic carbocycles. The van der Waals surface area contributed by atoms with Gasteiger partial charge in [0.05, 0.1) is 14.2 Å². The van der Waals surface area contributed by atoms with E-state index in [0.29, 0.717) is 13.1 Å². The highest BCUT2D eigenvalue weighted by Gasteiger charge is 2.14. The van der Waals surface area contributed by atoms with Gasteiger partial charge in [0.25, 0.3) is 11.8 Å². The summed E-state index contributed by atoms with van der Waals surface area (Å²) in [5, 5.41) is 5.70. The zero-order chi connectivity index (χ0) is 17.2. The van der Waals surface area contributed by atoms with Crippen LogP contribution in [-0.2, 0) is 16.0 Å². The van der Waals surface area contributed by atoms with Crippen molar-refractivity contribution in [1.82, 2.24) is 10.6 Å². The van der Waals surface area contributed by atoms with E-state index in [0.717, 1.165) is 22.6 Å². The van der Waals surface area contributed by atoms with Crippen LogP contribution in [0, 0.1) is 0 Å². The van der Waals surface area contributed by atoms with E-state index in [9.17, 15) is 9.59 Å². The van der Waals surface area contributed by atoms with Crippen LogP contribution in [0.3, 0.4) is 0 Å². The smallest absolute Gasteiger partial charge is 0.275 e. The number of quaternary nitrogens is 1. The van der Waals surface area contributed by atoms with Crippen LogP contribution < -0.4 is 20.3 Å². The second kappa shape index (κ2) is 9.84. The van der Waals surface area contributed by atoms with Gasteiger partial charge in [-0.3, -0.25) is 9.59 Å². The lowest BCUT2D eigenvalue weighted by Crippen LogP contribution is -3.11. The van der Waals surface area contributed by atoms with Gasteiger partial charge in [-0.25, -0.2) is 0 Å². The Morgan fingerprint density at radius 2 is 1.74 bits per heavy atom. The highest BCUT2D eigenvalue weighted by molar-refractivity contribution is 5.79. The van der Waals surface area contributed by atoms with Gasteiger partial charge >= 0.3 is 0 Å². The van der Waals surface area contributed by atoms with Gasteiger partial charge < -0.3 is 20.3 Å². The van der Waals surface area contributed by atoms with Crippen LogP contribution in [0.25, 0.3) is 0 Å². The first-order chi connectivity index (χ1) is 10.9. The molecule has 1 unspecified atom stereocenters. The van der Waals surface area contributed by atoms with Crippen molar-refractivity contribution in [2.24, 2.45) is 0 Å². The molecule has 3 N–H and O–H groups in total. The Bertz CT molecular complexity index is 500. The molecule has 0 saturated heterocycles. The van der Waals surface area contributed by atoms with Crippen molar-refractivity contribution in [2.45, 2.75) is 26.3 Å². The van der Waals surface area contributed by atoms with Crippen molar-refractivity contribution in [3.63, 3.8) is 0 Å². The Kier molecular flexibility index (Phi) is 8.11. The molecule has 0 aliphatic carbocycles. The molecule has 128 valence electrons. The number of benzene rings is 1. The number of carbonyl (C=O) groups is 2. The molecule has 6 heteroatoms. The summed E-state index contributed by atoms with van der Waals surface area (Å²) in [7, 11) is 3.47. The number of ether oxygens (including phenoxy) is 1. The summed E-state index contributed by atoms with van der Waals surface area (Å²) in [5.74, 6) is 0.736. The van der Waals surface area contributed by atoms with Crippen molar-refractivity contribution < 1.29 is 19.2 Å². The van der Waals surface area contributed by atoms with Crippen molar-refractivity contribution in [1.29, 1.82) is 0 Å². The number of likely N-dealkylation sites (N-methyl/N-ethyl adjacent to an activating group) is 1. The Hall–Kier alpha value is -2.08. The molecule has 0 aromatic heterocycles. The fraction of sp³-hybridized carbons (Fsp3) is 0.529. The third kappa shape index (κ3) is 8.21. The maximum atomic E-state index is 11.9. The fourth-order valence-corrected chi connectivity index (χ4v) is 2.18. The normalized spacial score (nSPS) is 11.9. The second-order valence-corrected chi connectivity index (χ2v) is 5.98. The van der Waals surface area contributed by atoms with Crippen molar-refractivity contribution in [3.8, 4) is 5.75 Å². The number of carbonyl (C=O) groups excluding carboxylic acids is 2. The van der Waals surface area contributed by atoms with E-state index >= 15 is 0 Å². The van der Waals surface area contributed by atoms with E-state index in [2.05, 4.69) is 10.6 Å². The standard InChI is InChI=1S/C17H27N3O3/c1-13(2)19-17(22)12-20(3)11-16(21)18-10-9-14-5-7-15(23-4)8-6-14/h5-8,13H,9-12H2,1-4H3,(H,18,21)(H,19,22)/p+1. The number of nitrogens with one attached hydrogen (secondary N) is 3. The number of rotatable bonds is 9. The van der Waals surface area contributed by atoms with E-state index in [1.165, 1.54) is 0 Å². The van der Waals surface area contributed by atoms with E-state index in [4.69, 9.17) is 4.74 Å². The van der Waals surface area contributed by atoms with Gasteiger partial charge in [-0.05, 0) is 38.0 Å². The van der Waals surface area contributed by atoms with Gasteiger partial charge in [-0.15, -0.1) is 0 Å². The van der Waals surface area contributed by atoms with Gasteiger partial charge in [0.2, 0.25) is 0 Å². The summed E-state index contributed by atoms with van der Waals surface area (Å²) in [4.78, 5) is 24.4. The molecule has 0 bridgehead atoms. The third-order valence-corrected chi connectivity index (χ3v) is 3.27. The molecule has 23 heavy (non-hydrogen) atoms. The van der Waals surface area contributed by atoms with E-state index in [-0.39, 0.29) is 24.4 Å². The molecule has 0 saturated carbocycles. The van der Waals surface area contributed by atoms with Crippen LogP contribution in [0.5, 0.6) is 5.75 Å². The molecule has 0 heterocycles. The van der Waals surface area contributed by atoms with Crippen LogP contribution in [-0.4, -0.2) is 51.6 Å². The lowest BCUT2D eigenvalue weighted by molar-refractivity contribution is -0.862. The number of hydrogen-bond acceptors (Lipinski definition) is 3. The number of hydrogen-bond donors (Lipinski definition) is 3. The quantitative estimate of drug-likeness (QED) is 0.568. The van der Waals surface area contributed by atoms with Crippen LogP contribution in [0.15, 0.2) is 24.3 Å². The predicted octanol–water partition coefficient (Wildman–Crippen LogP) is -0.607. The van der Waals surface area contributed by atoms with Crippen LogP contribution in [0.2, 0.25) is 0 Å². The molecule has 1 aromatic rings. The van der Waals surface area contributed by atoms with Crippen molar-refractivity contribution >= 4 is 11.8 Å². The second-order valence-electron chi connectivity index (χ2n) is 5.98. The molecular formula is C17H28N3O3+. The Morgan fingerprint density at radius 1 is 1.13 bits per heavy atom. The molecule has 0 spiro atoms. The molecule has 6 nitrogen and oxygen atoms in total. The zero-order valence-corrected chi connectivity index (χ0v) is 14.4. The van der Waals surface area contributed by atoms with Gasteiger partial charge in [0, 0.05) is 12.6 Å². The lowest BCUT2D eigenvalue weighted by Gasteiger charge is -2.15. The van der Waals surface area contributed by atoms with Crippen LogP contribution in [0.1, 0.15) is 19.4 Å². The third-order valence-electron chi connectivity index (χ3n) is 3.27. The zero-order valence-electron chi connectivity index (χ0n) is 14.4. The Morgan fingerprint density at radius 3 is 2.30 bits per heavy atom. The predicted molar refractivity (Wildman–Crippen MR) is 89.6 cm³/mol. The summed E-state index contributed by atoms with van der Waals surface area (Å²) < 4.78 is 5.11. The minimum atomic E-state index is -0.0478. The maximum absolute atomic E-state index is 11.9.